The predicted molar refractivity (Wildman–Crippen MR) is 501 cm³/mol. The van der Waals surface area contributed by atoms with Gasteiger partial charge in [-0.05, 0) is 280 Å². The van der Waals surface area contributed by atoms with Gasteiger partial charge in [-0.3, -0.25) is 0 Å². The number of halogens is 10. The van der Waals surface area contributed by atoms with Crippen LogP contribution in [-0.4, -0.2) is 78.5 Å². The van der Waals surface area contributed by atoms with Crippen molar-refractivity contribution >= 4 is 11.6 Å². The highest BCUT2D eigenvalue weighted by atomic mass is 35.5. The van der Waals surface area contributed by atoms with Crippen molar-refractivity contribution in [1.82, 2.24) is 31.9 Å². The maximum atomic E-state index is 13.6. The quantitative estimate of drug-likeness (QED) is 0.0323. The van der Waals surface area contributed by atoms with Crippen LogP contribution in [0.4, 0.5) is 39.5 Å². The van der Waals surface area contributed by atoms with Crippen molar-refractivity contribution in [3.63, 3.8) is 0 Å². The molecular weight excluding hydrogens is 1700 g/mol. The summed E-state index contributed by atoms with van der Waals surface area (Å²) < 4.78 is 155. The zero-order valence-corrected chi connectivity index (χ0v) is 74.4. The molecule has 0 aliphatic carbocycles. The Morgan fingerprint density at radius 1 is 0.214 bits per heavy atom. The van der Waals surface area contributed by atoms with E-state index < -0.39 is 23.4 Å². The Morgan fingerprint density at radius 3 is 0.695 bits per heavy atom. The van der Waals surface area contributed by atoms with Gasteiger partial charge in [-0.15, -0.1) is 0 Å². The Morgan fingerprint density at radius 2 is 0.435 bits per heavy atom. The summed E-state index contributed by atoms with van der Waals surface area (Å²) in [7, 11) is 0. The smallest absolute Gasteiger partial charge is 0.416 e. The minimum Gasteiger partial charge on any atom is -0.485 e. The van der Waals surface area contributed by atoms with Crippen LogP contribution >= 0.6 is 11.6 Å². The largest absolute Gasteiger partial charge is 0.485 e. The lowest BCUT2D eigenvalue weighted by molar-refractivity contribution is -0.137. The van der Waals surface area contributed by atoms with Crippen molar-refractivity contribution in [3.8, 4) is 34.5 Å². The van der Waals surface area contributed by atoms with Crippen LogP contribution < -0.4 is 60.3 Å². The maximum Gasteiger partial charge on any atom is 0.416 e. The molecule has 12 aromatic rings. The first kappa shape index (κ1) is 97.4. The third-order valence-electron chi connectivity index (χ3n) is 24.5. The fraction of sp³-hybridized carbons (Fsp3) is 0.339. The van der Waals surface area contributed by atoms with Crippen molar-refractivity contribution in [2.45, 2.75) is 120 Å². The van der Waals surface area contributed by atoms with Crippen molar-refractivity contribution in [2.75, 3.05) is 78.5 Å². The number of alkyl halides is 3. The van der Waals surface area contributed by atoms with Crippen LogP contribution in [0.3, 0.4) is 0 Å². The molecule has 6 unspecified atom stereocenters. The topological polar surface area (TPSA) is 128 Å². The molecule has 0 radical (unpaired) electrons. The maximum absolute atomic E-state index is 13.6. The van der Waals surface area contributed by atoms with Crippen molar-refractivity contribution < 1.29 is 67.9 Å². The molecule has 12 aromatic carbocycles. The van der Waals surface area contributed by atoms with Gasteiger partial charge in [-0.1, -0.05) is 200 Å². The van der Waals surface area contributed by atoms with E-state index in [-0.39, 0.29) is 71.6 Å². The molecule has 0 amide bonds. The first-order valence-electron chi connectivity index (χ1n) is 45.9. The highest BCUT2D eigenvalue weighted by molar-refractivity contribution is 6.30. The third kappa shape index (κ3) is 31.5. The van der Waals surface area contributed by atoms with Gasteiger partial charge in [-0.25, -0.2) is 26.3 Å². The highest BCUT2D eigenvalue weighted by Gasteiger charge is 2.35. The van der Waals surface area contributed by atoms with E-state index in [1.807, 2.05) is 146 Å². The first-order chi connectivity index (χ1) is 64.0. The zero-order chi connectivity index (χ0) is 91.2. The van der Waals surface area contributed by atoms with Crippen LogP contribution in [0.2, 0.25) is 5.02 Å². The number of ether oxygens (including phenoxy) is 6. The molecule has 6 aliphatic rings. The zero-order valence-electron chi connectivity index (χ0n) is 73.7. The standard InChI is InChI=1S/C19H20F3NO.C18H20ClNO.2C18H19F2NO.2C18H20FNO/c20-19(21,22)16-6-8-17(9-7-16)24-18(14-4-2-1-3-5-14)15-10-12-23-13-11-15;19-16-7-4-8-17(13-16)21-18(14-5-2-1-3-6-14)15-9-11-20-12-10-15;19-15-4-1-3-14(11-15)18(13-7-9-21-10-8-13)22-17-6-2-5-16(20)12-17;19-15-10-16(20)12-17(11-15)22-18(13-4-2-1-3-5-13)14-6-8-21-9-7-14;2*19-16-7-4-8-17(13-16)21-18(14-5-2-1-3-6-14)15-9-11-20-12-10-15/h1-9,15,18,23H,10-13H2;1-8,13,15,18,20H,9-12H2;1-6,11-13,18,21H,7-10H2;1-5,10-12,14,18,21H,6-9H2;2*1-8,13,15,18,20H,9-12H2. The number of piperidine rings is 6. The van der Waals surface area contributed by atoms with Crippen LogP contribution in [0.5, 0.6) is 34.5 Å². The predicted octanol–water partition coefficient (Wildman–Crippen LogP) is 25.3. The molecule has 690 valence electrons. The summed E-state index contributed by atoms with van der Waals surface area (Å²) in [4.78, 5) is 0. The average Bonchev–Trinajstić information content (AvgIpc) is 0.836. The number of benzene rings is 12. The lowest BCUT2D eigenvalue weighted by Crippen LogP contribution is -2.32. The molecule has 6 atom stereocenters. The average molecular weight is 1810 g/mol. The van der Waals surface area contributed by atoms with Gasteiger partial charge in [0.1, 0.15) is 106 Å². The minimum atomic E-state index is -4.33. The second-order valence-electron chi connectivity index (χ2n) is 33.8. The van der Waals surface area contributed by atoms with Crippen LogP contribution in [0.15, 0.2) is 315 Å². The van der Waals surface area contributed by atoms with Crippen LogP contribution in [-0.2, 0) is 6.18 Å². The number of rotatable bonds is 24. The Hall–Kier alpha value is -11.1. The molecule has 0 saturated carbocycles. The highest BCUT2D eigenvalue weighted by Crippen LogP contribution is 2.42. The monoisotopic (exact) mass is 1810 g/mol. The minimum absolute atomic E-state index is 0.0184. The third-order valence-corrected chi connectivity index (χ3v) is 24.7. The van der Waals surface area contributed by atoms with Crippen molar-refractivity contribution in [3.05, 3.63) is 394 Å². The van der Waals surface area contributed by atoms with Gasteiger partial charge in [0, 0.05) is 76.9 Å². The van der Waals surface area contributed by atoms with Gasteiger partial charge in [-0.2, -0.15) is 13.2 Å². The van der Waals surface area contributed by atoms with Crippen LogP contribution in [0.1, 0.15) is 153 Å². The Balaban J connectivity index is 0.000000134. The van der Waals surface area contributed by atoms with E-state index in [0.717, 1.165) is 207 Å². The summed E-state index contributed by atoms with van der Waals surface area (Å²) in [5.41, 5.74) is 5.80. The molecule has 0 bridgehead atoms. The lowest BCUT2D eigenvalue weighted by atomic mass is 9.88. The van der Waals surface area contributed by atoms with Crippen LogP contribution in [0.25, 0.3) is 0 Å². The molecule has 22 heteroatoms. The van der Waals surface area contributed by atoms with E-state index in [2.05, 4.69) is 80.4 Å². The first-order valence-corrected chi connectivity index (χ1v) is 46.2. The number of hydrogen-bond acceptors (Lipinski definition) is 12. The molecule has 18 rings (SSSR count). The Bertz CT molecular complexity index is 5000. The molecule has 12 nitrogen and oxygen atoms in total. The molecule has 6 N–H and O–H groups in total. The van der Waals surface area contributed by atoms with Gasteiger partial charge < -0.3 is 60.3 Å². The molecule has 6 fully saturated rings. The Labute approximate surface area is 769 Å². The van der Waals surface area contributed by atoms with E-state index in [0.29, 0.717) is 57.6 Å². The van der Waals surface area contributed by atoms with Crippen LogP contribution in [0, 0.1) is 70.4 Å². The summed E-state index contributed by atoms with van der Waals surface area (Å²) in [6, 6.07) is 92.1. The van der Waals surface area contributed by atoms with E-state index in [1.54, 1.807) is 30.3 Å². The second-order valence-corrected chi connectivity index (χ2v) is 34.3. The van der Waals surface area contributed by atoms with E-state index in [4.69, 9.17) is 40.0 Å². The van der Waals surface area contributed by atoms with Gasteiger partial charge in [0.05, 0.1) is 5.56 Å². The molecule has 0 spiro atoms. The fourth-order valence-corrected chi connectivity index (χ4v) is 17.9. The normalized spacial score (nSPS) is 17.3. The summed E-state index contributed by atoms with van der Waals surface area (Å²) in [5, 5.41) is 20.9. The number of nitrogens with one attached hydrogen (secondary N) is 6. The second kappa shape index (κ2) is 51.6. The van der Waals surface area contributed by atoms with E-state index in [9.17, 15) is 39.5 Å². The van der Waals surface area contributed by atoms with Gasteiger partial charge >= 0.3 is 6.18 Å². The van der Waals surface area contributed by atoms with Gasteiger partial charge in [0.25, 0.3) is 0 Å². The summed E-state index contributed by atoms with van der Waals surface area (Å²) in [5.74, 6) is 3.26. The fourth-order valence-electron chi connectivity index (χ4n) is 17.8. The lowest BCUT2D eigenvalue weighted by Gasteiger charge is -2.31. The number of hydrogen-bond donors (Lipinski definition) is 6. The molecule has 6 saturated heterocycles. The molecule has 131 heavy (non-hydrogen) atoms. The van der Waals surface area contributed by atoms with E-state index >= 15 is 0 Å². The molecule has 0 aromatic heterocycles. The van der Waals surface area contributed by atoms with Gasteiger partial charge in [0.2, 0.25) is 0 Å². The van der Waals surface area contributed by atoms with E-state index in [1.165, 1.54) is 78.4 Å². The SMILES string of the molecule is Clc1cccc(OC(c2ccccc2)C2CCNCC2)c1.FC(F)(F)c1ccc(OC(c2ccccc2)C2CCNCC2)cc1.Fc1cc(F)cc(OC(c2ccccc2)C2CCNCC2)c1.Fc1cccc(OC(c2cccc(F)c2)C2CCNCC2)c1.Fc1cccc(OC(c2ccccc2)C2CCNCC2)c1.Fc1cccc(OC(c2ccccc2)C2CCNCC2)c1. The molecule has 6 aliphatic heterocycles. The summed E-state index contributed by atoms with van der Waals surface area (Å²) >= 11 is 6.07. The summed E-state index contributed by atoms with van der Waals surface area (Å²) in [6.45, 7) is 11.8. The van der Waals surface area contributed by atoms with Gasteiger partial charge in [0.15, 0.2) is 0 Å². The summed E-state index contributed by atoms with van der Waals surface area (Å²) in [6.07, 6.45) is 7.56. The molecule has 6 heterocycles. The van der Waals surface area contributed by atoms with Crippen molar-refractivity contribution in [1.29, 1.82) is 0 Å². The van der Waals surface area contributed by atoms with Crippen molar-refractivity contribution in [2.24, 2.45) is 35.5 Å². The molecular formula is C109H118ClF9N6O6. The Kier molecular flexibility index (Phi) is 38.4.